The molecule has 220 valence electrons. The minimum Gasteiger partial charge on any atom is -0.493 e. The second kappa shape index (κ2) is 15.1. The lowest BCUT2D eigenvalue weighted by Gasteiger charge is -2.32. The van der Waals surface area contributed by atoms with Crippen LogP contribution in [0.1, 0.15) is 58.8 Å². The summed E-state index contributed by atoms with van der Waals surface area (Å²) in [6.07, 6.45) is 6.83. The summed E-state index contributed by atoms with van der Waals surface area (Å²) in [5, 5.41) is 3.62. The Labute approximate surface area is 235 Å². The molecule has 3 fully saturated rings. The molecular weight excluding hydrogens is 496 g/mol. The molecule has 1 saturated carbocycles. The molecule has 1 N–H and O–H groups in total. The van der Waals surface area contributed by atoms with Crippen LogP contribution in [-0.4, -0.2) is 83.2 Å². The quantitative estimate of drug-likeness (QED) is 0.305. The Hall–Kier alpha value is -2.03. The van der Waals surface area contributed by atoms with Crippen LogP contribution in [0.2, 0.25) is 0 Å². The fourth-order valence-corrected chi connectivity index (χ4v) is 5.84. The number of carbonyl (C=O) groups excluding carboxylic acids is 1. The van der Waals surface area contributed by atoms with Gasteiger partial charge in [-0.1, -0.05) is 13.8 Å². The van der Waals surface area contributed by atoms with Crippen LogP contribution in [0.25, 0.3) is 0 Å². The van der Waals surface area contributed by atoms with Gasteiger partial charge in [0.15, 0.2) is 11.5 Å². The average molecular weight is 547 g/mol. The molecule has 2 heterocycles. The van der Waals surface area contributed by atoms with E-state index in [9.17, 15) is 4.79 Å². The Morgan fingerprint density at radius 2 is 1.82 bits per heavy atom. The number of methoxy groups -OCH3 is 2. The van der Waals surface area contributed by atoms with E-state index in [2.05, 4.69) is 24.1 Å². The third-order valence-electron chi connectivity index (χ3n) is 8.47. The molecule has 2 aliphatic heterocycles. The van der Waals surface area contributed by atoms with E-state index in [-0.39, 0.29) is 6.10 Å². The maximum Gasteiger partial charge on any atom is 0.223 e. The highest BCUT2D eigenvalue weighted by molar-refractivity contribution is 5.77. The predicted molar refractivity (Wildman–Crippen MR) is 152 cm³/mol. The predicted octanol–water partition coefficient (Wildman–Crippen LogP) is 4.55. The third kappa shape index (κ3) is 8.98. The first-order valence-corrected chi connectivity index (χ1v) is 15.0. The van der Waals surface area contributed by atoms with Gasteiger partial charge in [-0.05, 0) is 81.0 Å². The summed E-state index contributed by atoms with van der Waals surface area (Å²) in [7, 11) is 3.35. The third-order valence-corrected chi connectivity index (χ3v) is 8.47. The molecule has 3 atom stereocenters. The molecule has 0 spiro atoms. The highest BCUT2D eigenvalue weighted by Crippen LogP contribution is 2.36. The summed E-state index contributed by atoms with van der Waals surface area (Å²) in [6, 6.07) is 6.26. The standard InChI is InChI=1S/C31H50N2O6/c1-22(2)29(39-27-8-9-28(36-4)30(18-27)38-13-5-12-35-3)17-24-19-32-20-25(24)21-33(26-6-7-26)31(34)16-23-10-14-37-15-11-23/h8-9,18,22-26,29,32H,5-7,10-17,19-21H2,1-4H3/t24-,25+,29?/m1/s1. The Bertz CT molecular complexity index is 886. The summed E-state index contributed by atoms with van der Waals surface area (Å²) in [5.41, 5.74) is 0. The number of hydrogen-bond acceptors (Lipinski definition) is 7. The van der Waals surface area contributed by atoms with E-state index in [0.29, 0.717) is 66.8 Å². The molecule has 3 aliphatic rings. The molecule has 0 radical (unpaired) electrons. The molecule has 8 nitrogen and oxygen atoms in total. The summed E-state index contributed by atoms with van der Waals surface area (Å²) in [6.45, 7) is 10.0. The number of ether oxygens (including phenoxy) is 5. The average Bonchev–Trinajstić information content (AvgIpc) is 3.69. The molecule has 1 unspecified atom stereocenters. The minimum atomic E-state index is 0.0689. The van der Waals surface area contributed by atoms with Gasteiger partial charge in [0, 0.05) is 58.4 Å². The Balaban J connectivity index is 1.36. The number of nitrogens with zero attached hydrogens (tertiary/aromatic N) is 1. The highest BCUT2D eigenvalue weighted by Gasteiger charge is 2.39. The highest BCUT2D eigenvalue weighted by atomic mass is 16.5. The van der Waals surface area contributed by atoms with Gasteiger partial charge >= 0.3 is 0 Å². The van der Waals surface area contributed by atoms with Crippen molar-refractivity contribution in [2.45, 2.75) is 70.9 Å². The first-order valence-electron chi connectivity index (χ1n) is 15.0. The van der Waals surface area contributed by atoms with E-state index in [1.165, 1.54) is 0 Å². The van der Waals surface area contributed by atoms with Gasteiger partial charge < -0.3 is 33.9 Å². The van der Waals surface area contributed by atoms with E-state index >= 15 is 0 Å². The lowest BCUT2D eigenvalue weighted by atomic mass is 9.86. The fourth-order valence-electron chi connectivity index (χ4n) is 5.84. The van der Waals surface area contributed by atoms with Crippen molar-refractivity contribution in [1.82, 2.24) is 10.2 Å². The van der Waals surface area contributed by atoms with Crippen molar-refractivity contribution in [3.63, 3.8) is 0 Å². The largest absolute Gasteiger partial charge is 0.493 e. The van der Waals surface area contributed by atoms with Crippen LogP contribution in [0.15, 0.2) is 18.2 Å². The molecule has 1 amide bonds. The fraction of sp³-hybridized carbons (Fsp3) is 0.774. The molecule has 0 bridgehead atoms. The molecule has 2 saturated heterocycles. The van der Waals surface area contributed by atoms with Crippen LogP contribution in [0, 0.1) is 23.7 Å². The van der Waals surface area contributed by atoms with Gasteiger partial charge in [-0.3, -0.25) is 4.79 Å². The Morgan fingerprint density at radius 3 is 2.51 bits per heavy atom. The van der Waals surface area contributed by atoms with Crippen molar-refractivity contribution >= 4 is 5.91 Å². The van der Waals surface area contributed by atoms with E-state index in [1.807, 2.05) is 18.2 Å². The number of amides is 1. The van der Waals surface area contributed by atoms with Crippen molar-refractivity contribution in [2.24, 2.45) is 23.7 Å². The molecule has 1 aromatic carbocycles. The van der Waals surface area contributed by atoms with Crippen LogP contribution in [0.5, 0.6) is 17.2 Å². The van der Waals surface area contributed by atoms with E-state index in [1.54, 1.807) is 14.2 Å². The van der Waals surface area contributed by atoms with Crippen LogP contribution >= 0.6 is 0 Å². The van der Waals surface area contributed by atoms with Crippen LogP contribution < -0.4 is 19.5 Å². The van der Waals surface area contributed by atoms with Gasteiger partial charge in [0.25, 0.3) is 0 Å². The molecule has 0 aromatic heterocycles. The number of nitrogens with one attached hydrogen (secondary N) is 1. The molecule has 1 aliphatic carbocycles. The molecule has 4 rings (SSSR count). The second-order valence-corrected chi connectivity index (χ2v) is 11.9. The monoisotopic (exact) mass is 546 g/mol. The second-order valence-electron chi connectivity index (χ2n) is 11.9. The smallest absolute Gasteiger partial charge is 0.223 e. The summed E-state index contributed by atoms with van der Waals surface area (Å²) < 4.78 is 28.7. The molecule has 8 heteroatoms. The lowest BCUT2D eigenvalue weighted by Crippen LogP contribution is -2.41. The van der Waals surface area contributed by atoms with Gasteiger partial charge in [0.2, 0.25) is 5.91 Å². The normalized spacial score (nSPS) is 22.6. The molecule has 1 aromatic rings. The summed E-state index contributed by atoms with van der Waals surface area (Å²) in [4.78, 5) is 15.6. The first kappa shape index (κ1) is 29.9. The zero-order valence-corrected chi connectivity index (χ0v) is 24.5. The minimum absolute atomic E-state index is 0.0689. The van der Waals surface area contributed by atoms with Crippen molar-refractivity contribution in [2.75, 3.05) is 60.3 Å². The van der Waals surface area contributed by atoms with Gasteiger partial charge in [0.1, 0.15) is 11.9 Å². The van der Waals surface area contributed by atoms with Crippen LogP contribution in [0.4, 0.5) is 0 Å². The SMILES string of the molecule is COCCCOc1cc(OC(C[C@@H]2CNC[C@H]2CN(C(=O)CC2CCOCC2)C2CC2)C(C)C)ccc1OC. The number of benzene rings is 1. The van der Waals surface area contributed by atoms with Crippen molar-refractivity contribution in [3.05, 3.63) is 18.2 Å². The van der Waals surface area contributed by atoms with Crippen molar-refractivity contribution in [3.8, 4) is 17.2 Å². The maximum absolute atomic E-state index is 13.4. The van der Waals surface area contributed by atoms with Gasteiger partial charge in [-0.25, -0.2) is 0 Å². The number of carbonyl (C=O) groups is 1. The van der Waals surface area contributed by atoms with E-state index < -0.39 is 0 Å². The number of rotatable bonds is 16. The number of hydrogen-bond donors (Lipinski definition) is 1. The molecule has 39 heavy (non-hydrogen) atoms. The van der Waals surface area contributed by atoms with Crippen molar-refractivity contribution in [1.29, 1.82) is 0 Å². The van der Waals surface area contributed by atoms with Crippen LogP contribution in [-0.2, 0) is 14.3 Å². The first-order chi connectivity index (χ1) is 19.0. The lowest BCUT2D eigenvalue weighted by molar-refractivity contribution is -0.134. The maximum atomic E-state index is 13.4. The summed E-state index contributed by atoms with van der Waals surface area (Å²) >= 11 is 0. The summed E-state index contributed by atoms with van der Waals surface area (Å²) in [5.74, 6) is 4.29. The van der Waals surface area contributed by atoms with Crippen LogP contribution in [0.3, 0.4) is 0 Å². The van der Waals surface area contributed by atoms with E-state index in [0.717, 1.165) is 77.1 Å². The Morgan fingerprint density at radius 1 is 1.05 bits per heavy atom. The van der Waals surface area contributed by atoms with Gasteiger partial charge in [-0.2, -0.15) is 0 Å². The van der Waals surface area contributed by atoms with Gasteiger partial charge in [0.05, 0.1) is 13.7 Å². The Kier molecular flexibility index (Phi) is 11.6. The zero-order chi connectivity index (χ0) is 27.6. The molecular formula is C31H50N2O6. The zero-order valence-electron chi connectivity index (χ0n) is 24.5. The van der Waals surface area contributed by atoms with Gasteiger partial charge in [-0.15, -0.1) is 0 Å². The van der Waals surface area contributed by atoms with Crippen molar-refractivity contribution < 1.29 is 28.5 Å². The van der Waals surface area contributed by atoms with E-state index in [4.69, 9.17) is 23.7 Å². The topological polar surface area (TPSA) is 78.5 Å².